The molecule has 0 aromatic heterocycles. The van der Waals surface area contributed by atoms with Crippen molar-refractivity contribution in [1.29, 1.82) is 0 Å². The fraction of sp³-hybridized carbons (Fsp3) is 0.316. The lowest BCUT2D eigenvalue weighted by atomic mass is 10.2. The summed E-state index contributed by atoms with van der Waals surface area (Å²) in [6.45, 7) is 0.375. The van der Waals surface area contributed by atoms with Crippen LogP contribution in [0.5, 0.6) is 5.75 Å². The van der Waals surface area contributed by atoms with Gasteiger partial charge in [0, 0.05) is 13.1 Å². The average Bonchev–Trinajstić information content (AvgIpc) is 2.74. The van der Waals surface area contributed by atoms with Crippen LogP contribution in [0.1, 0.15) is 5.56 Å². The van der Waals surface area contributed by atoms with E-state index in [1.54, 1.807) is 0 Å². The minimum Gasteiger partial charge on any atom is -0.484 e. The number of carbonyl (C=O) groups is 1. The summed E-state index contributed by atoms with van der Waals surface area (Å²) < 4.78 is 75.3. The second-order valence-corrected chi connectivity index (χ2v) is 8.87. The first-order valence-electron chi connectivity index (χ1n) is 9.05. The molecule has 1 aliphatic rings. The molecule has 12 heteroatoms. The molecule has 31 heavy (non-hydrogen) atoms. The zero-order valence-corrected chi connectivity index (χ0v) is 17.6. The zero-order valence-electron chi connectivity index (χ0n) is 16.0. The number of anilines is 1. The number of nitrogens with one attached hydrogen (secondary N) is 1. The molecule has 2 aromatic rings. The van der Waals surface area contributed by atoms with Crippen molar-refractivity contribution in [2.24, 2.45) is 0 Å². The normalized spacial score (nSPS) is 15.5. The molecule has 1 aliphatic heterocycles. The Balaban J connectivity index is 1.68. The average molecular weight is 479 g/mol. The molecule has 7 nitrogen and oxygen atoms in total. The fourth-order valence-corrected chi connectivity index (χ4v) is 4.39. The largest absolute Gasteiger partial charge is 0.484 e. The van der Waals surface area contributed by atoms with Crippen molar-refractivity contribution in [2.45, 2.75) is 11.1 Å². The Kier molecular flexibility index (Phi) is 7.10. The summed E-state index contributed by atoms with van der Waals surface area (Å²) in [7, 11) is -3.81. The highest BCUT2D eigenvalue weighted by Crippen LogP contribution is 2.31. The highest BCUT2D eigenvalue weighted by molar-refractivity contribution is 7.89. The van der Waals surface area contributed by atoms with Crippen LogP contribution < -0.4 is 10.1 Å². The molecule has 2 aromatic carbocycles. The highest BCUT2D eigenvalue weighted by atomic mass is 35.5. The molecule has 0 radical (unpaired) electrons. The van der Waals surface area contributed by atoms with Crippen LogP contribution in [0.15, 0.2) is 47.4 Å². The van der Waals surface area contributed by atoms with E-state index in [0.29, 0.717) is 0 Å². The summed E-state index contributed by atoms with van der Waals surface area (Å²) in [4.78, 5) is 12.1. The van der Waals surface area contributed by atoms with Crippen LogP contribution in [-0.2, 0) is 25.7 Å². The second kappa shape index (κ2) is 9.43. The number of morpholine rings is 1. The van der Waals surface area contributed by atoms with Gasteiger partial charge in [0.15, 0.2) is 6.61 Å². The Bertz CT molecular complexity index is 1060. The Hall–Kier alpha value is -2.34. The Labute approximate surface area is 181 Å². The van der Waals surface area contributed by atoms with Gasteiger partial charge in [-0.2, -0.15) is 17.5 Å². The van der Waals surface area contributed by atoms with Crippen molar-refractivity contribution < 1.29 is 35.9 Å². The number of hydrogen-bond acceptors (Lipinski definition) is 5. The van der Waals surface area contributed by atoms with Gasteiger partial charge in [0.2, 0.25) is 10.0 Å². The number of nitrogens with zero attached hydrogens (tertiary/aromatic N) is 1. The van der Waals surface area contributed by atoms with Crippen molar-refractivity contribution in [3.8, 4) is 5.75 Å². The second-order valence-electron chi connectivity index (χ2n) is 6.52. The molecule has 1 amide bonds. The summed E-state index contributed by atoms with van der Waals surface area (Å²) in [5.41, 5.74) is -0.872. The maximum atomic E-state index is 12.8. The van der Waals surface area contributed by atoms with Crippen molar-refractivity contribution in [1.82, 2.24) is 4.31 Å². The van der Waals surface area contributed by atoms with E-state index in [2.05, 4.69) is 5.32 Å². The molecule has 168 valence electrons. The first kappa shape index (κ1) is 23.3. The molecule has 1 heterocycles. The van der Waals surface area contributed by atoms with Crippen LogP contribution in [0.2, 0.25) is 5.02 Å². The molecule has 0 saturated carbocycles. The summed E-state index contributed by atoms with van der Waals surface area (Å²) >= 11 is 6.06. The molecule has 1 N–H and O–H groups in total. The number of sulfonamides is 1. The maximum absolute atomic E-state index is 12.8. The molecule has 3 rings (SSSR count). The van der Waals surface area contributed by atoms with Crippen LogP contribution in [0.25, 0.3) is 0 Å². The first-order chi connectivity index (χ1) is 14.6. The molecular formula is C19H18ClF3N2O5S. The lowest BCUT2D eigenvalue weighted by Crippen LogP contribution is -2.40. The minimum absolute atomic E-state index is 0.0358. The standard InChI is InChI=1S/C19H18ClF3N2O5S/c20-16-5-4-15(31(27,28)25-6-8-29-9-7-25)11-17(16)24-18(26)12-30-14-3-1-2-13(10-14)19(21,22)23/h1-5,10-11H,6-9,12H2,(H,24,26). The smallest absolute Gasteiger partial charge is 0.416 e. The van der Waals surface area contributed by atoms with Gasteiger partial charge >= 0.3 is 6.18 Å². The molecule has 0 spiro atoms. The molecule has 1 saturated heterocycles. The number of amides is 1. The zero-order chi connectivity index (χ0) is 22.6. The topological polar surface area (TPSA) is 84.9 Å². The number of hydrogen-bond donors (Lipinski definition) is 1. The van der Waals surface area contributed by atoms with E-state index in [4.69, 9.17) is 21.1 Å². The van der Waals surface area contributed by atoms with Crippen molar-refractivity contribution >= 4 is 33.2 Å². The van der Waals surface area contributed by atoms with Gasteiger partial charge in [-0.05, 0) is 36.4 Å². The van der Waals surface area contributed by atoms with E-state index >= 15 is 0 Å². The Morgan fingerprint density at radius 2 is 1.87 bits per heavy atom. The molecule has 0 aliphatic carbocycles. The van der Waals surface area contributed by atoms with Gasteiger partial charge in [-0.25, -0.2) is 8.42 Å². The van der Waals surface area contributed by atoms with Crippen LogP contribution in [-0.4, -0.2) is 51.5 Å². The summed E-state index contributed by atoms with van der Waals surface area (Å²) in [6, 6.07) is 7.97. The van der Waals surface area contributed by atoms with E-state index in [-0.39, 0.29) is 47.7 Å². The third kappa shape index (κ3) is 5.88. The number of halogens is 4. The number of rotatable bonds is 6. The third-order valence-electron chi connectivity index (χ3n) is 4.35. The molecule has 0 bridgehead atoms. The van der Waals surface area contributed by atoms with Gasteiger partial charge in [-0.1, -0.05) is 17.7 Å². The highest BCUT2D eigenvalue weighted by Gasteiger charge is 2.30. The van der Waals surface area contributed by atoms with Crippen LogP contribution in [0.4, 0.5) is 18.9 Å². The lowest BCUT2D eigenvalue weighted by molar-refractivity contribution is -0.137. The van der Waals surface area contributed by atoms with E-state index < -0.39 is 34.3 Å². The quantitative estimate of drug-likeness (QED) is 0.688. The van der Waals surface area contributed by atoms with Gasteiger partial charge in [-0.15, -0.1) is 0 Å². The van der Waals surface area contributed by atoms with E-state index in [1.807, 2.05) is 0 Å². The van der Waals surface area contributed by atoms with Crippen LogP contribution in [0.3, 0.4) is 0 Å². The SMILES string of the molecule is O=C(COc1cccc(C(F)(F)F)c1)Nc1cc(S(=O)(=O)N2CCOCC2)ccc1Cl. The Morgan fingerprint density at radius 3 is 2.55 bits per heavy atom. The van der Waals surface area contributed by atoms with Crippen molar-refractivity contribution in [2.75, 3.05) is 38.2 Å². The number of alkyl halides is 3. The van der Waals surface area contributed by atoms with E-state index in [1.165, 1.54) is 28.6 Å². The van der Waals surface area contributed by atoms with Gasteiger partial charge in [0.1, 0.15) is 5.75 Å². The van der Waals surface area contributed by atoms with Gasteiger partial charge in [-0.3, -0.25) is 4.79 Å². The summed E-state index contributed by atoms with van der Waals surface area (Å²) in [5, 5.41) is 2.51. The third-order valence-corrected chi connectivity index (χ3v) is 6.58. The monoisotopic (exact) mass is 478 g/mol. The molecular weight excluding hydrogens is 461 g/mol. The van der Waals surface area contributed by atoms with E-state index in [0.717, 1.165) is 18.2 Å². The predicted octanol–water partition coefficient (Wildman–Crippen LogP) is 3.40. The van der Waals surface area contributed by atoms with Crippen molar-refractivity contribution in [3.63, 3.8) is 0 Å². The van der Waals surface area contributed by atoms with Crippen LogP contribution in [0, 0.1) is 0 Å². The number of ether oxygens (including phenoxy) is 2. The summed E-state index contributed by atoms with van der Waals surface area (Å²) in [6.07, 6.45) is -4.54. The van der Waals surface area contributed by atoms with Gasteiger partial charge in [0.05, 0.1) is 34.4 Å². The summed E-state index contributed by atoms with van der Waals surface area (Å²) in [5.74, 6) is -0.861. The Morgan fingerprint density at radius 1 is 1.16 bits per heavy atom. The molecule has 0 atom stereocenters. The van der Waals surface area contributed by atoms with Gasteiger partial charge in [0.25, 0.3) is 5.91 Å². The minimum atomic E-state index is -4.54. The van der Waals surface area contributed by atoms with Crippen LogP contribution >= 0.6 is 11.6 Å². The maximum Gasteiger partial charge on any atom is 0.416 e. The predicted molar refractivity (Wildman–Crippen MR) is 107 cm³/mol. The number of carbonyl (C=O) groups excluding carboxylic acids is 1. The van der Waals surface area contributed by atoms with Gasteiger partial charge < -0.3 is 14.8 Å². The number of benzene rings is 2. The lowest BCUT2D eigenvalue weighted by Gasteiger charge is -2.26. The molecule has 1 fully saturated rings. The fourth-order valence-electron chi connectivity index (χ4n) is 2.79. The first-order valence-corrected chi connectivity index (χ1v) is 10.9. The van der Waals surface area contributed by atoms with E-state index in [9.17, 15) is 26.4 Å². The van der Waals surface area contributed by atoms with Crippen molar-refractivity contribution in [3.05, 3.63) is 53.1 Å². The molecule has 0 unspecified atom stereocenters.